The van der Waals surface area contributed by atoms with Crippen LogP contribution in [0.25, 0.3) is 5.76 Å². The van der Waals surface area contributed by atoms with Crippen LogP contribution in [0.2, 0.25) is 0 Å². The summed E-state index contributed by atoms with van der Waals surface area (Å²) in [7, 11) is 2.90. The Bertz CT molecular complexity index is 628. The number of unbranched alkanes of at least 4 members (excludes halogenated alkanes) is 1. The molecule has 5 nitrogen and oxygen atoms in total. The Hall–Kier alpha value is -2.30. The normalized spacial score (nSPS) is 14.2. The third-order valence-electron chi connectivity index (χ3n) is 3.56. The molecule has 0 radical (unpaired) electrons. The summed E-state index contributed by atoms with van der Waals surface area (Å²) in [6.07, 6.45) is 1.97. The molecule has 0 aliphatic heterocycles. The summed E-state index contributed by atoms with van der Waals surface area (Å²) in [4.78, 5) is 24.4. The first-order valence-corrected chi connectivity index (χ1v) is 6.82. The molecule has 0 saturated carbocycles. The molecule has 21 heavy (non-hydrogen) atoms. The highest BCUT2D eigenvalue weighted by molar-refractivity contribution is 6.52. The Balaban J connectivity index is 2.67. The lowest BCUT2D eigenvalue weighted by Gasteiger charge is -2.20. The third kappa shape index (κ3) is 2.51. The number of rotatable bonds is 5. The van der Waals surface area contributed by atoms with E-state index >= 15 is 0 Å². The summed E-state index contributed by atoms with van der Waals surface area (Å²) >= 11 is 0. The number of fused-ring (bicyclic) bond motifs is 1. The van der Waals surface area contributed by atoms with Crippen molar-refractivity contribution in [2.75, 3.05) is 14.2 Å². The Labute approximate surface area is 123 Å². The van der Waals surface area contributed by atoms with Gasteiger partial charge in [0.2, 0.25) is 11.6 Å². The first-order valence-electron chi connectivity index (χ1n) is 6.82. The van der Waals surface area contributed by atoms with Crippen LogP contribution < -0.4 is 9.47 Å². The fourth-order valence-corrected chi connectivity index (χ4v) is 2.40. The number of benzene rings is 1. The fraction of sp³-hybridized carbons (Fsp3) is 0.375. The van der Waals surface area contributed by atoms with Crippen molar-refractivity contribution in [3.8, 4) is 11.5 Å². The molecular weight excluding hydrogens is 272 g/mol. The van der Waals surface area contributed by atoms with E-state index in [0.717, 1.165) is 12.8 Å². The highest BCUT2D eigenvalue weighted by Crippen LogP contribution is 2.39. The molecule has 1 aliphatic rings. The maximum Gasteiger partial charge on any atom is 0.234 e. The number of hydrogen-bond acceptors (Lipinski definition) is 5. The summed E-state index contributed by atoms with van der Waals surface area (Å²) in [5, 5.41) is 10.4. The van der Waals surface area contributed by atoms with Crippen molar-refractivity contribution in [2.45, 2.75) is 26.2 Å². The summed E-state index contributed by atoms with van der Waals surface area (Å²) < 4.78 is 10.3. The van der Waals surface area contributed by atoms with Crippen molar-refractivity contribution in [3.05, 3.63) is 28.8 Å². The molecule has 0 unspecified atom stereocenters. The minimum Gasteiger partial charge on any atom is -0.507 e. The van der Waals surface area contributed by atoms with Crippen molar-refractivity contribution in [1.82, 2.24) is 0 Å². The van der Waals surface area contributed by atoms with E-state index in [-0.39, 0.29) is 22.5 Å². The van der Waals surface area contributed by atoms with Gasteiger partial charge in [-0.1, -0.05) is 13.3 Å². The van der Waals surface area contributed by atoms with E-state index < -0.39 is 11.6 Å². The molecule has 1 aromatic rings. The van der Waals surface area contributed by atoms with Crippen molar-refractivity contribution in [2.24, 2.45) is 0 Å². The van der Waals surface area contributed by atoms with Crippen molar-refractivity contribution >= 4 is 17.3 Å². The van der Waals surface area contributed by atoms with Gasteiger partial charge in [0.05, 0.1) is 19.8 Å². The summed E-state index contributed by atoms with van der Waals surface area (Å²) in [5.41, 5.74) is 0.556. The number of ketones is 2. The average Bonchev–Trinajstić information content (AvgIpc) is 2.51. The SMILES string of the molecule is CCCCC1=C(O)c2c(OC)cc(OC)cc2C(=O)C1=O. The van der Waals surface area contributed by atoms with Gasteiger partial charge in [-0.15, -0.1) is 0 Å². The van der Waals surface area contributed by atoms with Crippen LogP contribution in [0.5, 0.6) is 11.5 Å². The predicted molar refractivity (Wildman–Crippen MR) is 78.0 cm³/mol. The maximum atomic E-state index is 12.3. The molecule has 0 spiro atoms. The van der Waals surface area contributed by atoms with Crippen LogP contribution in [0.3, 0.4) is 0 Å². The number of aliphatic hydroxyl groups excluding tert-OH is 1. The molecule has 0 atom stereocenters. The lowest BCUT2D eigenvalue weighted by molar-refractivity contribution is -0.112. The fourth-order valence-electron chi connectivity index (χ4n) is 2.40. The molecule has 5 heteroatoms. The van der Waals surface area contributed by atoms with E-state index in [1.165, 1.54) is 20.3 Å². The van der Waals surface area contributed by atoms with Crippen LogP contribution in [0.4, 0.5) is 0 Å². The van der Waals surface area contributed by atoms with E-state index in [1.807, 2.05) is 6.92 Å². The van der Waals surface area contributed by atoms with E-state index in [4.69, 9.17) is 9.47 Å². The number of hydrogen-bond donors (Lipinski definition) is 1. The van der Waals surface area contributed by atoms with E-state index in [2.05, 4.69) is 0 Å². The van der Waals surface area contributed by atoms with Gasteiger partial charge >= 0.3 is 0 Å². The van der Waals surface area contributed by atoms with Gasteiger partial charge in [0.15, 0.2) is 0 Å². The molecule has 0 fully saturated rings. The number of ether oxygens (including phenoxy) is 2. The maximum absolute atomic E-state index is 12.3. The van der Waals surface area contributed by atoms with Crippen LogP contribution in [0, 0.1) is 0 Å². The standard InChI is InChI=1S/C16H18O5/c1-4-5-6-10-14(17)13-11(16(19)15(10)18)7-9(20-2)8-12(13)21-3/h7-8,17H,4-6H2,1-3H3. The van der Waals surface area contributed by atoms with Gasteiger partial charge in [0.25, 0.3) is 0 Å². The van der Waals surface area contributed by atoms with Crippen molar-refractivity contribution in [1.29, 1.82) is 0 Å². The van der Waals surface area contributed by atoms with Crippen LogP contribution in [0.15, 0.2) is 17.7 Å². The number of carbonyl (C=O) groups excluding carboxylic acids is 2. The molecular formula is C16H18O5. The molecule has 2 rings (SSSR count). The zero-order chi connectivity index (χ0) is 15.6. The Morgan fingerprint density at radius 3 is 2.38 bits per heavy atom. The molecule has 0 aromatic heterocycles. The first kappa shape index (κ1) is 15.1. The zero-order valence-corrected chi connectivity index (χ0v) is 12.4. The largest absolute Gasteiger partial charge is 0.507 e. The summed E-state index contributed by atoms with van der Waals surface area (Å²) in [6, 6.07) is 3.03. The molecule has 112 valence electrons. The first-order chi connectivity index (χ1) is 10.0. The van der Waals surface area contributed by atoms with Crippen molar-refractivity contribution < 1.29 is 24.2 Å². The third-order valence-corrected chi connectivity index (χ3v) is 3.56. The van der Waals surface area contributed by atoms with Gasteiger partial charge < -0.3 is 14.6 Å². The molecule has 1 aliphatic carbocycles. The predicted octanol–water partition coefficient (Wildman–Crippen LogP) is 2.93. The number of Topliss-reactive ketones (excluding diaryl/α,β-unsaturated/α-hetero) is 2. The second-order valence-corrected chi connectivity index (χ2v) is 4.84. The smallest absolute Gasteiger partial charge is 0.234 e. The minimum atomic E-state index is -0.649. The molecule has 0 amide bonds. The van der Waals surface area contributed by atoms with Gasteiger partial charge in [0.1, 0.15) is 17.3 Å². The number of methoxy groups -OCH3 is 2. The van der Waals surface area contributed by atoms with Crippen molar-refractivity contribution in [3.63, 3.8) is 0 Å². The Kier molecular flexibility index (Phi) is 4.31. The second kappa shape index (κ2) is 5.99. The highest BCUT2D eigenvalue weighted by Gasteiger charge is 2.35. The van der Waals surface area contributed by atoms with Gasteiger partial charge in [-0.3, -0.25) is 9.59 Å². The van der Waals surface area contributed by atoms with Gasteiger partial charge in [0, 0.05) is 17.2 Å². The molecule has 1 aromatic carbocycles. The lowest BCUT2D eigenvalue weighted by Crippen LogP contribution is -2.24. The number of allylic oxidation sites excluding steroid dienone is 1. The molecule has 0 bridgehead atoms. The lowest BCUT2D eigenvalue weighted by atomic mass is 9.85. The van der Waals surface area contributed by atoms with Gasteiger partial charge in [-0.05, 0) is 18.9 Å². The highest BCUT2D eigenvalue weighted by atomic mass is 16.5. The van der Waals surface area contributed by atoms with Crippen LogP contribution in [-0.4, -0.2) is 30.9 Å². The summed E-state index contributed by atoms with van der Waals surface area (Å²) in [5.74, 6) is -0.731. The number of aliphatic hydroxyl groups is 1. The van der Waals surface area contributed by atoms with Gasteiger partial charge in [-0.2, -0.15) is 0 Å². The molecule has 1 N–H and O–H groups in total. The van der Waals surface area contributed by atoms with Crippen LogP contribution in [0.1, 0.15) is 42.1 Å². The van der Waals surface area contributed by atoms with Gasteiger partial charge in [-0.25, -0.2) is 0 Å². The molecule has 0 heterocycles. The quantitative estimate of drug-likeness (QED) is 0.844. The van der Waals surface area contributed by atoms with E-state index in [0.29, 0.717) is 17.9 Å². The monoisotopic (exact) mass is 290 g/mol. The van der Waals surface area contributed by atoms with Crippen LogP contribution in [-0.2, 0) is 4.79 Å². The Morgan fingerprint density at radius 2 is 1.81 bits per heavy atom. The van der Waals surface area contributed by atoms with Crippen LogP contribution >= 0.6 is 0 Å². The number of carbonyl (C=O) groups is 2. The Morgan fingerprint density at radius 1 is 1.10 bits per heavy atom. The van der Waals surface area contributed by atoms with E-state index in [9.17, 15) is 14.7 Å². The second-order valence-electron chi connectivity index (χ2n) is 4.84. The topological polar surface area (TPSA) is 72.8 Å². The minimum absolute atomic E-state index is 0.119. The molecule has 0 saturated heterocycles. The zero-order valence-electron chi connectivity index (χ0n) is 12.4. The summed E-state index contributed by atoms with van der Waals surface area (Å²) in [6.45, 7) is 1.98. The van der Waals surface area contributed by atoms with E-state index in [1.54, 1.807) is 6.07 Å². The average molecular weight is 290 g/mol.